The van der Waals surface area contributed by atoms with E-state index in [0.29, 0.717) is 5.75 Å². The third-order valence-corrected chi connectivity index (χ3v) is 3.58. The fraction of sp³-hybridized carbons (Fsp3) is 0.154. The molecule has 0 radical (unpaired) electrons. The number of fused-ring (bicyclic) bond motifs is 1. The molecule has 0 saturated heterocycles. The first-order valence-corrected chi connectivity index (χ1v) is 6.67. The summed E-state index contributed by atoms with van der Waals surface area (Å²) < 4.78 is 6.04. The Balaban J connectivity index is 2.47. The van der Waals surface area contributed by atoms with Crippen molar-refractivity contribution in [1.82, 2.24) is 0 Å². The predicted molar refractivity (Wildman–Crippen MR) is 79.4 cm³/mol. The zero-order valence-electron chi connectivity index (χ0n) is 9.54. The summed E-state index contributed by atoms with van der Waals surface area (Å²) in [5.41, 5.74) is 0.791. The summed E-state index contributed by atoms with van der Waals surface area (Å²) in [4.78, 5) is 10.6. The quantitative estimate of drug-likeness (QED) is 0.658. The Bertz CT molecular complexity index is 625. The molecule has 18 heavy (non-hydrogen) atoms. The summed E-state index contributed by atoms with van der Waals surface area (Å²) in [5, 5.41) is 11.3. The van der Waals surface area contributed by atoms with Gasteiger partial charge in [-0.05, 0) is 75.7 Å². The number of aryl methyl sites for hydroxylation is 1. The first kappa shape index (κ1) is 13.4. The largest absolute Gasteiger partial charge is 0.507 e. The third-order valence-electron chi connectivity index (χ3n) is 2.64. The molecule has 0 amide bonds. The highest BCUT2D eigenvalue weighted by molar-refractivity contribution is 14.1. The molecule has 0 bridgehead atoms. The SMILES string of the molecule is Cc1c(O)c(I)cc2ccc(OCC(=O)Cl)cc12. The number of hydrogen-bond donors (Lipinski definition) is 1. The van der Waals surface area contributed by atoms with E-state index in [1.807, 2.05) is 19.1 Å². The average Bonchev–Trinajstić information content (AvgIpc) is 2.34. The summed E-state index contributed by atoms with van der Waals surface area (Å²) in [7, 11) is 0. The van der Waals surface area contributed by atoms with E-state index in [1.54, 1.807) is 12.1 Å². The van der Waals surface area contributed by atoms with Crippen molar-refractivity contribution in [2.75, 3.05) is 6.61 Å². The molecule has 2 aromatic carbocycles. The van der Waals surface area contributed by atoms with E-state index in [1.165, 1.54) is 0 Å². The summed E-state index contributed by atoms with van der Waals surface area (Å²) >= 11 is 7.31. The molecule has 0 aliphatic rings. The van der Waals surface area contributed by atoms with Crippen LogP contribution in [0.3, 0.4) is 0 Å². The van der Waals surface area contributed by atoms with Gasteiger partial charge < -0.3 is 9.84 Å². The van der Waals surface area contributed by atoms with Crippen LogP contribution in [0.25, 0.3) is 10.8 Å². The molecule has 1 N–H and O–H groups in total. The van der Waals surface area contributed by atoms with Gasteiger partial charge in [0.15, 0.2) is 6.61 Å². The van der Waals surface area contributed by atoms with Crippen molar-refractivity contribution in [3.05, 3.63) is 33.4 Å². The summed E-state index contributed by atoms with van der Waals surface area (Å²) in [6.07, 6.45) is 0. The first-order valence-electron chi connectivity index (χ1n) is 5.22. The van der Waals surface area contributed by atoms with Crippen molar-refractivity contribution in [3.8, 4) is 11.5 Å². The number of rotatable bonds is 3. The molecule has 5 heteroatoms. The zero-order chi connectivity index (χ0) is 13.3. The van der Waals surface area contributed by atoms with E-state index in [2.05, 4.69) is 22.6 Å². The Hall–Kier alpha value is -1.01. The molecule has 0 fully saturated rings. The van der Waals surface area contributed by atoms with Gasteiger partial charge in [-0.25, -0.2) is 0 Å². The molecule has 3 nitrogen and oxygen atoms in total. The summed E-state index contributed by atoms with van der Waals surface area (Å²) in [5.74, 6) is 0.828. The number of phenols is 1. The second-order valence-corrected chi connectivity index (χ2v) is 5.44. The number of carbonyl (C=O) groups excluding carboxylic acids is 1. The van der Waals surface area contributed by atoms with Crippen LogP contribution in [-0.4, -0.2) is 17.0 Å². The van der Waals surface area contributed by atoms with Gasteiger partial charge in [0.05, 0.1) is 3.57 Å². The highest BCUT2D eigenvalue weighted by atomic mass is 127. The number of halogens is 2. The van der Waals surface area contributed by atoms with Gasteiger partial charge >= 0.3 is 0 Å². The van der Waals surface area contributed by atoms with Crippen molar-refractivity contribution in [3.63, 3.8) is 0 Å². The van der Waals surface area contributed by atoms with Gasteiger partial charge in [-0.3, -0.25) is 4.79 Å². The van der Waals surface area contributed by atoms with E-state index in [0.717, 1.165) is 19.9 Å². The van der Waals surface area contributed by atoms with Crippen LogP contribution in [0.5, 0.6) is 11.5 Å². The van der Waals surface area contributed by atoms with Crippen molar-refractivity contribution >= 4 is 50.2 Å². The molecule has 2 rings (SSSR count). The smallest absolute Gasteiger partial charge is 0.259 e. The number of phenolic OH excluding ortho intramolecular Hbond substituents is 1. The molecule has 0 aromatic heterocycles. The monoisotopic (exact) mass is 376 g/mol. The lowest BCUT2D eigenvalue weighted by atomic mass is 10.0. The van der Waals surface area contributed by atoms with Crippen LogP contribution in [0, 0.1) is 10.5 Å². The predicted octanol–water partition coefficient (Wildman–Crippen LogP) is 3.60. The minimum Gasteiger partial charge on any atom is -0.507 e. The van der Waals surface area contributed by atoms with Crippen LogP contribution in [0.1, 0.15) is 5.56 Å². The minimum atomic E-state index is -0.544. The molecule has 0 heterocycles. The Kier molecular flexibility index (Phi) is 3.97. The summed E-state index contributed by atoms with van der Waals surface area (Å²) in [6.45, 7) is 1.68. The Morgan fingerprint density at radius 2 is 2.17 bits per heavy atom. The average molecular weight is 377 g/mol. The third kappa shape index (κ3) is 2.70. The van der Waals surface area contributed by atoms with Gasteiger partial charge in [-0.2, -0.15) is 0 Å². The van der Waals surface area contributed by atoms with E-state index >= 15 is 0 Å². The Labute approximate surface area is 123 Å². The number of hydrogen-bond acceptors (Lipinski definition) is 3. The zero-order valence-corrected chi connectivity index (χ0v) is 12.4. The van der Waals surface area contributed by atoms with Gasteiger partial charge in [0.25, 0.3) is 5.24 Å². The lowest BCUT2D eigenvalue weighted by Crippen LogP contribution is -2.04. The van der Waals surface area contributed by atoms with Crippen LogP contribution in [-0.2, 0) is 4.79 Å². The molecule has 0 spiro atoms. The summed E-state index contributed by atoms with van der Waals surface area (Å²) in [6, 6.07) is 7.35. The second-order valence-electron chi connectivity index (χ2n) is 3.86. The Morgan fingerprint density at radius 3 is 2.83 bits per heavy atom. The maximum absolute atomic E-state index is 10.6. The van der Waals surface area contributed by atoms with Gasteiger partial charge in [-0.15, -0.1) is 0 Å². The maximum atomic E-state index is 10.6. The topological polar surface area (TPSA) is 46.5 Å². The molecule has 0 atom stereocenters. The van der Waals surface area contributed by atoms with Gasteiger partial charge in [-0.1, -0.05) is 6.07 Å². The number of benzene rings is 2. The molecular weight excluding hydrogens is 366 g/mol. The van der Waals surface area contributed by atoms with Gasteiger partial charge in [0, 0.05) is 0 Å². The van der Waals surface area contributed by atoms with Crippen molar-refractivity contribution in [2.24, 2.45) is 0 Å². The second kappa shape index (κ2) is 5.32. The van der Waals surface area contributed by atoms with Crippen LogP contribution in [0.2, 0.25) is 0 Å². The first-order chi connectivity index (χ1) is 8.49. The highest BCUT2D eigenvalue weighted by Gasteiger charge is 2.08. The fourth-order valence-corrected chi connectivity index (χ4v) is 2.52. The molecule has 0 unspecified atom stereocenters. The Morgan fingerprint density at radius 1 is 1.44 bits per heavy atom. The van der Waals surface area contributed by atoms with Crippen LogP contribution in [0.4, 0.5) is 0 Å². The fourth-order valence-electron chi connectivity index (χ4n) is 1.73. The highest BCUT2D eigenvalue weighted by Crippen LogP contribution is 2.33. The van der Waals surface area contributed by atoms with E-state index in [-0.39, 0.29) is 12.4 Å². The van der Waals surface area contributed by atoms with Gasteiger partial charge in [0.2, 0.25) is 0 Å². The van der Waals surface area contributed by atoms with E-state index < -0.39 is 5.24 Å². The number of aromatic hydroxyl groups is 1. The van der Waals surface area contributed by atoms with Gasteiger partial charge in [0.1, 0.15) is 11.5 Å². The molecule has 2 aromatic rings. The number of carbonyl (C=O) groups is 1. The molecule has 94 valence electrons. The lowest BCUT2D eigenvalue weighted by molar-refractivity contribution is -0.113. The minimum absolute atomic E-state index is 0.164. The number of ether oxygens (including phenoxy) is 1. The van der Waals surface area contributed by atoms with Crippen LogP contribution >= 0.6 is 34.2 Å². The van der Waals surface area contributed by atoms with E-state index in [4.69, 9.17) is 16.3 Å². The van der Waals surface area contributed by atoms with E-state index in [9.17, 15) is 9.90 Å². The molecule has 0 saturated carbocycles. The van der Waals surface area contributed by atoms with Crippen LogP contribution in [0.15, 0.2) is 24.3 Å². The van der Waals surface area contributed by atoms with Crippen molar-refractivity contribution in [1.29, 1.82) is 0 Å². The lowest BCUT2D eigenvalue weighted by Gasteiger charge is -2.09. The molecule has 0 aliphatic carbocycles. The molecular formula is C13H10ClIO3. The normalized spacial score (nSPS) is 10.6. The van der Waals surface area contributed by atoms with Crippen molar-refractivity contribution in [2.45, 2.75) is 6.92 Å². The van der Waals surface area contributed by atoms with Crippen LogP contribution < -0.4 is 4.74 Å². The molecule has 0 aliphatic heterocycles. The maximum Gasteiger partial charge on any atom is 0.259 e. The standard InChI is InChI=1S/C13H10ClIO3/c1-7-10-5-9(18-6-12(14)16)3-2-8(10)4-11(15)13(7)17/h2-5,17H,6H2,1H3. The van der Waals surface area contributed by atoms with Crippen molar-refractivity contribution < 1.29 is 14.6 Å².